The van der Waals surface area contributed by atoms with E-state index in [1.54, 1.807) is 0 Å². The van der Waals surface area contributed by atoms with Gasteiger partial charge in [-0.15, -0.1) is 0 Å². The van der Waals surface area contributed by atoms with Crippen LogP contribution < -0.4 is 0 Å². The van der Waals surface area contributed by atoms with E-state index in [0.717, 1.165) is 31.5 Å². The minimum atomic E-state index is -0.278. The maximum atomic E-state index is 10.3. The third-order valence-electron chi connectivity index (χ3n) is 3.76. The highest BCUT2D eigenvalue weighted by molar-refractivity contribution is 5.18. The molecule has 1 aliphatic heterocycles. The van der Waals surface area contributed by atoms with Crippen LogP contribution in [0.5, 0.6) is 0 Å². The Balaban J connectivity index is 1.88. The first-order valence-electron chi connectivity index (χ1n) is 6.76. The van der Waals surface area contributed by atoms with E-state index in [9.17, 15) is 5.11 Å². The minimum Gasteiger partial charge on any atom is -0.388 e. The topological polar surface area (TPSA) is 23.5 Å². The highest BCUT2D eigenvalue weighted by Crippen LogP contribution is 2.30. The average molecular weight is 233 g/mol. The zero-order valence-electron chi connectivity index (χ0n) is 10.7. The van der Waals surface area contributed by atoms with E-state index in [2.05, 4.69) is 11.8 Å². The molecule has 0 radical (unpaired) electrons. The maximum Gasteiger partial charge on any atom is 0.0819 e. The Labute approximate surface area is 104 Å². The Bertz CT molecular complexity index is 317. The quantitative estimate of drug-likeness (QED) is 0.864. The SMILES string of the molecule is CCCN1CCC([C@H](O)c2ccccc2)CC1. The number of likely N-dealkylation sites (tertiary alicyclic amines) is 1. The van der Waals surface area contributed by atoms with Gasteiger partial charge in [0.2, 0.25) is 0 Å². The lowest BCUT2D eigenvalue weighted by Crippen LogP contribution is -2.36. The van der Waals surface area contributed by atoms with Crippen LogP contribution >= 0.6 is 0 Å². The van der Waals surface area contributed by atoms with Crippen LogP contribution in [0.3, 0.4) is 0 Å². The van der Waals surface area contributed by atoms with Gasteiger partial charge in [0.15, 0.2) is 0 Å². The summed E-state index contributed by atoms with van der Waals surface area (Å²) < 4.78 is 0. The highest BCUT2D eigenvalue weighted by atomic mass is 16.3. The second kappa shape index (κ2) is 6.18. The number of benzene rings is 1. The van der Waals surface area contributed by atoms with E-state index < -0.39 is 0 Å². The number of hydrogen-bond donors (Lipinski definition) is 1. The molecule has 2 nitrogen and oxygen atoms in total. The summed E-state index contributed by atoms with van der Waals surface area (Å²) in [6.45, 7) is 5.71. The zero-order chi connectivity index (χ0) is 12.1. The fraction of sp³-hybridized carbons (Fsp3) is 0.600. The summed E-state index contributed by atoms with van der Waals surface area (Å²) in [7, 11) is 0. The van der Waals surface area contributed by atoms with Crippen molar-refractivity contribution in [3.8, 4) is 0 Å². The molecular weight excluding hydrogens is 210 g/mol. The van der Waals surface area contributed by atoms with Crippen molar-refractivity contribution >= 4 is 0 Å². The third-order valence-corrected chi connectivity index (χ3v) is 3.76. The molecule has 1 aliphatic rings. The lowest BCUT2D eigenvalue weighted by Gasteiger charge is -2.34. The molecule has 1 saturated heterocycles. The number of piperidine rings is 1. The normalized spacial score (nSPS) is 20.4. The first kappa shape index (κ1) is 12.6. The van der Waals surface area contributed by atoms with Crippen LogP contribution in [0.4, 0.5) is 0 Å². The molecule has 0 amide bonds. The first-order valence-corrected chi connectivity index (χ1v) is 6.76. The molecule has 0 spiro atoms. The number of aliphatic hydroxyl groups is 1. The molecule has 2 heteroatoms. The number of hydrogen-bond acceptors (Lipinski definition) is 2. The molecule has 1 atom stereocenters. The lowest BCUT2D eigenvalue weighted by molar-refractivity contribution is 0.0589. The molecular formula is C15H23NO. The Morgan fingerprint density at radius 3 is 2.47 bits per heavy atom. The molecule has 0 bridgehead atoms. The van der Waals surface area contributed by atoms with Crippen molar-refractivity contribution in [1.82, 2.24) is 4.90 Å². The van der Waals surface area contributed by atoms with Gasteiger partial charge in [0.1, 0.15) is 0 Å². The largest absolute Gasteiger partial charge is 0.388 e. The van der Waals surface area contributed by atoms with Crippen LogP contribution in [0.15, 0.2) is 30.3 Å². The molecule has 0 unspecified atom stereocenters. The molecule has 94 valence electrons. The summed E-state index contributed by atoms with van der Waals surface area (Å²) in [4.78, 5) is 2.51. The molecule has 0 saturated carbocycles. The monoisotopic (exact) mass is 233 g/mol. The van der Waals surface area contributed by atoms with Crippen LogP contribution in [0.2, 0.25) is 0 Å². The van der Waals surface area contributed by atoms with Crippen molar-refractivity contribution in [2.24, 2.45) is 5.92 Å². The van der Waals surface area contributed by atoms with Crippen LogP contribution in [-0.2, 0) is 0 Å². The van der Waals surface area contributed by atoms with Crippen molar-refractivity contribution in [3.05, 3.63) is 35.9 Å². The predicted molar refractivity (Wildman–Crippen MR) is 70.9 cm³/mol. The van der Waals surface area contributed by atoms with Gasteiger partial charge in [0, 0.05) is 0 Å². The van der Waals surface area contributed by atoms with Crippen LogP contribution in [-0.4, -0.2) is 29.6 Å². The Kier molecular flexibility index (Phi) is 4.57. The maximum absolute atomic E-state index is 10.3. The predicted octanol–water partition coefficient (Wildman–Crippen LogP) is 2.84. The summed E-state index contributed by atoms with van der Waals surface area (Å²) in [5.74, 6) is 0.436. The summed E-state index contributed by atoms with van der Waals surface area (Å²) in [6.07, 6.45) is 3.19. The molecule has 1 fully saturated rings. The minimum absolute atomic E-state index is 0.278. The summed E-state index contributed by atoms with van der Waals surface area (Å²) >= 11 is 0. The molecule has 17 heavy (non-hydrogen) atoms. The van der Waals surface area contributed by atoms with Crippen LogP contribution in [0.25, 0.3) is 0 Å². The van der Waals surface area contributed by atoms with Crippen LogP contribution in [0, 0.1) is 5.92 Å². The van der Waals surface area contributed by atoms with Crippen molar-refractivity contribution in [2.75, 3.05) is 19.6 Å². The highest BCUT2D eigenvalue weighted by Gasteiger charge is 2.25. The number of rotatable bonds is 4. The van der Waals surface area contributed by atoms with Gasteiger partial charge in [-0.25, -0.2) is 0 Å². The molecule has 2 rings (SSSR count). The fourth-order valence-electron chi connectivity index (χ4n) is 2.73. The van der Waals surface area contributed by atoms with Gasteiger partial charge in [-0.05, 0) is 50.4 Å². The molecule has 1 N–H and O–H groups in total. The summed E-state index contributed by atoms with van der Waals surface area (Å²) in [5.41, 5.74) is 1.07. The number of aliphatic hydroxyl groups excluding tert-OH is 1. The molecule has 0 aromatic heterocycles. The van der Waals surface area contributed by atoms with Crippen molar-refractivity contribution in [1.29, 1.82) is 0 Å². The Morgan fingerprint density at radius 2 is 1.88 bits per heavy atom. The zero-order valence-corrected chi connectivity index (χ0v) is 10.7. The van der Waals surface area contributed by atoms with Crippen molar-refractivity contribution in [2.45, 2.75) is 32.3 Å². The van der Waals surface area contributed by atoms with Gasteiger partial charge >= 0.3 is 0 Å². The Hall–Kier alpha value is -0.860. The lowest BCUT2D eigenvalue weighted by atomic mass is 9.87. The second-order valence-corrected chi connectivity index (χ2v) is 5.03. The van der Waals surface area contributed by atoms with Gasteiger partial charge in [0.25, 0.3) is 0 Å². The third kappa shape index (κ3) is 3.30. The molecule has 0 aliphatic carbocycles. The summed E-state index contributed by atoms with van der Waals surface area (Å²) in [5, 5.41) is 10.3. The van der Waals surface area contributed by atoms with E-state index in [0.29, 0.717) is 5.92 Å². The smallest absolute Gasteiger partial charge is 0.0819 e. The molecule has 1 heterocycles. The van der Waals surface area contributed by atoms with Crippen LogP contribution in [0.1, 0.15) is 37.9 Å². The van der Waals surface area contributed by atoms with Gasteiger partial charge < -0.3 is 10.0 Å². The molecule has 1 aromatic carbocycles. The van der Waals surface area contributed by atoms with E-state index in [4.69, 9.17) is 0 Å². The van der Waals surface area contributed by atoms with E-state index in [1.165, 1.54) is 13.0 Å². The van der Waals surface area contributed by atoms with E-state index in [1.807, 2.05) is 30.3 Å². The van der Waals surface area contributed by atoms with Gasteiger partial charge in [-0.3, -0.25) is 0 Å². The standard InChI is InChI=1S/C15H23NO/c1-2-10-16-11-8-14(9-12-16)15(17)13-6-4-3-5-7-13/h3-7,14-15,17H,2,8-12H2,1H3/t15-/m1/s1. The second-order valence-electron chi connectivity index (χ2n) is 5.03. The fourth-order valence-corrected chi connectivity index (χ4v) is 2.73. The Morgan fingerprint density at radius 1 is 1.24 bits per heavy atom. The van der Waals surface area contributed by atoms with Crippen molar-refractivity contribution in [3.63, 3.8) is 0 Å². The van der Waals surface area contributed by atoms with E-state index in [-0.39, 0.29) is 6.10 Å². The first-order chi connectivity index (χ1) is 8.31. The molecule has 1 aromatic rings. The van der Waals surface area contributed by atoms with Gasteiger partial charge in [0.05, 0.1) is 6.10 Å². The average Bonchev–Trinajstić information content (AvgIpc) is 2.40. The van der Waals surface area contributed by atoms with Gasteiger partial charge in [-0.2, -0.15) is 0 Å². The van der Waals surface area contributed by atoms with Crippen molar-refractivity contribution < 1.29 is 5.11 Å². The summed E-state index contributed by atoms with van der Waals surface area (Å²) in [6, 6.07) is 10.1. The van der Waals surface area contributed by atoms with Gasteiger partial charge in [-0.1, -0.05) is 37.3 Å². The number of nitrogens with zero attached hydrogens (tertiary/aromatic N) is 1. The van der Waals surface area contributed by atoms with E-state index >= 15 is 0 Å².